The fourth-order valence-corrected chi connectivity index (χ4v) is 4.16. The number of likely N-dealkylation sites (tertiary alicyclic amines) is 1. The summed E-state index contributed by atoms with van der Waals surface area (Å²) in [5, 5.41) is 3.06. The molecular weight excluding hydrogens is 416 g/mol. The second kappa shape index (κ2) is 10.7. The van der Waals surface area contributed by atoms with Gasteiger partial charge >= 0.3 is 6.09 Å². The number of hydrogen-bond donors (Lipinski definition) is 1. The van der Waals surface area contributed by atoms with E-state index >= 15 is 0 Å². The first kappa shape index (κ1) is 24.6. The quantitative estimate of drug-likeness (QED) is 0.597. The molecule has 0 saturated carbocycles. The van der Waals surface area contributed by atoms with Gasteiger partial charge in [0.15, 0.2) is 0 Å². The molecule has 0 bridgehead atoms. The highest BCUT2D eigenvalue weighted by Gasteiger charge is 2.37. The first-order valence-corrected chi connectivity index (χ1v) is 11.7. The van der Waals surface area contributed by atoms with Gasteiger partial charge in [0.25, 0.3) is 5.91 Å². The van der Waals surface area contributed by atoms with Crippen LogP contribution in [0.5, 0.6) is 5.75 Å². The van der Waals surface area contributed by atoms with E-state index < -0.39 is 5.60 Å². The van der Waals surface area contributed by atoms with E-state index in [9.17, 15) is 9.59 Å². The first-order valence-electron chi connectivity index (χ1n) is 11.7. The van der Waals surface area contributed by atoms with Gasteiger partial charge in [-0.15, -0.1) is 0 Å². The van der Waals surface area contributed by atoms with Crippen LogP contribution in [-0.4, -0.2) is 40.6 Å². The minimum Gasteiger partial charge on any atom is -0.489 e. The van der Waals surface area contributed by atoms with Crippen molar-refractivity contribution in [1.82, 2.24) is 10.2 Å². The van der Waals surface area contributed by atoms with Gasteiger partial charge in [-0.05, 0) is 83.7 Å². The summed E-state index contributed by atoms with van der Waals surface area (Å²) in [6, 6.07) is 17.2. The topological polar surface area (TPSA) is 67.9 Å². The van der Waals surface area contributed by atoms with Crippen LogP contribution in [0, 0.1) is 0 Å². The third-order valence-electron chi connectivity index (χ3n) is 5.76. The smallest absolute Gasteiger partial charge is 0.410 e. The number of benzene rings is 2. The van der Waals surface area contributed by atoms with Gasteiger partial charge in [0.2, 0.25) is 0 Å². The van der Waals surface area contributed by atoms with Gasteiger partial charge in [0.05, 0.1) is 0 Å². The molecule has 6 nitrogen and oxygen atoms in total. The minimum absolute atomic E-state index is 0.0545. The highest BCUT2D eigenvalue weighted by atomic mass is 16.6. The lowest BCUT2D eigenvalue weighted by Crippen LogP contribution is -2.46. The summed E-state index contributed by atoms with van der Waals surface area (Å²) in [6.45, 7) is 10.1. The fraction of sp³-hybridized carbons (Fsp3) is 0.481. The van der Waals surface area contributed by atoms with Gasteiger partial charge in [0.1, 0.15) is 18.0 Å². The number of nitrogens with zero attached hydrogens (tertiary/aromatic N) is 1. The molecule has 1 aliphatic rings. The predicted molar refractivity (Wildman–Crippen MR) is 129 cm³/mol. The Hall–Kier alpha value is -3.02. The SMILES string of the molecule is CC(CC1CCC(C)N1C(=O)OC(C)(C)C)NC(=O)c1ccc(OCc2ccccc2)cc1. The van der Waals surface area contributed by atoms with Gasteiger partial charge in [-0.1, -0.05) is 30.3 Å². The summed E-state index contributed by atoms with van der Waals surface area (Å²) in [4.78, 5) is 27.3. The van der Waals surface area contributed by atoms with E-state index in [0.717, 1.165) is 24.2 Å². The van der Waals surface area contributed by atoms with Crippen LogP contribution in [0.4, 0.5) is 4.79 Å². The Balaban J connectivity index is 1.51. The largest absolute Gasteiger partial charge is 0.489 e. The maximum Gasteiger partial charge on any atom is 0.410 e. The molecule has 33 heavy (non-hydrogen) atoms. The molecule has 3 rings (SSSR count). The molecule has 1 fully saturated rings. The summed E-state index contributed by atoms with van der Waals surface area (Å²) in [7, 11) is 0. The van der Waals surface area contributed by atoms with Crippen LogP contribution in [0.2, 0.25) is 0 Å². The van der Waals surface area contributed by atoms with Crippen molar-refractivity contribution in [2.24, 2.45) is 0 Å². The molecule has 1 saturated heterocycles. The van der Waals surface area contributed by atoms with Crippen molar-refractivity contribution >= 4 is 12.0 Å². The number of nitrogens with one attached hydrogen (secondary N) is 1. The van der Waals surface area contributed by atoms with E-state index in [-0.39, 0.29) is 30.1 Å². The fourth-order valence-electron chi connectivity index (χ4n) is 4.16. The number of hydrogen-bond acceptors (Lipinski definition) is 4. The average molecular weight is 453 g/mol. The maximum atomic E-state index is 12.7. The van der Waals surface area contributed by atoms with Gasteiger partial charge < -0.3 is 19.7 Å². The number of carbonyl (C=O) groups excluding carboxylic acids is 2. The van der Waals surface area contributed by atoms with Crippen LogP contribution >= 0.6 is 0 Å². The van der Waals surface area contributed by atoms with Gasteiger partial charge in [-0.25, -0.2) is 4.79 Å². The van der Waals surface area contributed by atoms with Gasteiger partial charge in [-0.3, -0.25) is 4.79 Å². The Morgan fingerprint density at radius 3 is 2.36 bits per heavy atom. The number of amides is 2. The molecule has 0 aromatic heterocycles. The van der Waals surface area contributed by atoms with Crippen LogP contribution in [0.1, 0.15) is 69.8 Å². The van der Waals surface area contributed by atoms with Crippen molar-refractivity contribution in [3.63, 3.8) is 0 Å². The zero-order valence-corrected chi connectivity index (χ0v) is 20.3. The maximum absolute atomic E-state index is 12.7. The molecule has 3 unspecified atom stereocenters. The molecule has 6 heteroatoms. The van der Waals surface area contributed by atoms with Crippen molar-refractivity contribution in [3.8, 4) is 5.75 Å². The number of rotatable bonds is 7. The Bertz CT molecular complexity index is 921. The van der Waals surface area contributed by atoms with Crippen LogP contribution in [0.15, 0.2) is 54.6 Å². The Morgan fingerprint density at radius 1 is 1.06 bits per heavy atom. The van der Waals surface area contributed by atoms with E-state index in [2.05, 4.69) is 12.2 Å². The summed E-state index contributed by atoms with van der Waals surface area (Å²) < 4.78 is 11.4. The van der Waals surface area contributed by atoms with E-state index in [1.165, 1.54) is 0 Å². The van der Waals surface area contributed by atoms with Crippen LogP contribution in [-0.2, 0) is 11.3 Å². The Morgan fingerprint density at radius 2 is 1.73 bits per heavy atom. The monoisotopic (exact) mass is 452 g/mol. The van der Waals surface area contributed by atoms with Crippen LogP contribution < -0.4 is 10.1 Å². The normalized spacial score (nSPS) is 19.1. The Labute approximate surface area is 197 Å². The number of ether oxygens (including phenoxy) is 2. The van der Waals surface area contributed by atoms with E-state index in [4.69, 9.17) is 9.47 Å². The summed E-state index contributed by atoms with van der Waals surface area (Å²) in [5.41, 5.74) is 1.15. The Kier molecular flexibility index (Phi) is 8.01. The van der Waals surface area contributed by atoms with E-state index in [0.29, 0.717) is 18.6 Å². The predicted octanol–water partition coefficient (Wildman–Crippen LogP) is 5.56. The molecule has 1 N–H and O–H groups in total. The molecule has 2 amide bonds. The molecule has 0 radical (unpaired) electrons. The van der Waals surface area contributed by atoms with E-state index in [1.54, 1.807) is 12.1 Å². The van der Waals surface area contributed by atoms with Crippen molar-refractivity contribution in [2.45, 2.75) is 84.2 Å². The summed E-state index contributed by atoms with van der Waals surface area (Å²) >= 11 is 0. The zero-order chi connectivity index (χ0) is 24.0. The van der Waals surface area contributed by atoms with Gasteiger partial charge in [0, 0.05) is 23.7 Å². The molecule has 3 atom stereocenters. The molecule has 1 aliphatic heterocycles. The second-order valence-corrected chi connectivity index (χ2v) is 9.88. The molecule has 1 heterocycles. The lowest BCUT2D eigenvalue weighted by atomic mass is 10.1. The second-order valence-electron chi connectivity index (χ2n) is 9.88. The standard InChI is InChI=1S/C27H36N2O4/c1-19(17-23-14-11-20(2)29(23)26(31)33-27(3,4)5)28-25(30)22-12-15-24(16-13-22)32-18-21-9-7-6-8-10-21/h6-10,12-13,15-16,19-20,23H,11,14,17-18H2,1-5H3,(H,28,30). The van der Waals surface area contributed by atoms with Crippen molar-refractivity contribution in [3.05, 3.63) is 65.7 Å². The van der Waals surface area contributed by atoms with E-state index in [1.807, 2.05) is 75.1 Å². The van der Waals surface area contributed by atoms with Gasteiger partial charge in [-0.2, -0.15) is 0 Å². The molecule has 2 aromatic carbocycles. The average Bonchev–Trinajstić information content (AvgIpc) is 3.12. The van der Waals surface area contributed by atoms with Crippen molar-refractivity contribution < 1.29 is 19.1 Å². The van der Waals surface area contributed by atoms with Crippen molar-refractivity contribution in [1.29, 1.82) is 0 Å². The summed E-state index contributed by atoms with van der Waals surface area (Å²) in [6.07, 6.45) is 2.26. The minimum atomic E-state index is -0.527. The lowest BCUT2D eigenvalue weighted by Gasteiger charge is -2.32. The third kappa shape index (κ3) is 7.24. The summed E-state index contributed by atoms with van der Waals surface area (Å²) in [5.74, 6) is 0.586. The molecule has 0 spiro atoms. The molecular formula is C27H36N2O4. The van der Waals surface area contributed by atoms with Crippen LogP contribution in [0.3, 0.4) is 0 Å². The number of carbonyl (C=O) groups is 2. The highest BCUT2D eigenvalue weighted by Crippen LogP contribution is 2.29. The zero-order valence-electron chi connectivity index (χ0n) is 20.3. The molecule has 0 aliphatic carbocycles. The highest BCUT2D eigenvalue weighted by molar-refractivity contribution is 5.94. The molecule has 2 aromatic rings. The lowest BCUT2D eigenvalue weighted by molar-refractivity contribution is 0.0148. The van der Waals surface area contributed by atoms with Crippen LogP contribution in [0.25, 0.3) is 0 Å². The third-order valence-corrected chi connectivity index (χ3v) is 5.76. The molecule has 178 valence electrons. The first-order chi connectivity index (χ1) is 15.6. The van der Waals surface area contributed by atoms with Crippen molar-refractivity contribution in [2.75, 3.05) is 0 Å².